The van der Waals surface area contributed by atoms with Crippen molar-refractivity contribution in [2.45, 2.75) is 20.8 Å². The van der Waals surface area contributed by atoms with Crippen LogP contribution in [0.25, 0.3) is 0 Å². The molecule has 1 saturated heterocycles. The van der Waals surface area contributed by atoms with E-state index in [-0.39, 0.29) is 6.03 Å². The van der Waals surface area contributed by atoms with Crippen molar-refractivity contribution in [2.75, 3.05) is 36.4 Å². The van der Waals surface area contributed by atoms with E-state index < -0.39 is 0 Å². The predicted molar refractivity (Wildman–Crippen MR) is 105 cm³/mol. The van der Waals surface area contributed by atoms with E-state index in [2.05, 4.69) is 42.3 Å². The van der Waals surface area contributed by atoms with Crippen molar-refractivity contribution in [3.8, 4) is 0 Å². The van der Waals surface area contributed by atoms with E-state index in [1.807, 2.05) is 30.0 Å². The number of aryl methyl sites for hydroxylation is 2. The second-order valence-corrected chi connectivity index (χ2v) is 7.01. The van der Waals surface area contributed by atoms with Crippen LogP contribution < -0.4 is 10.2 Å². The molecule has 1 heterocycles. The number of hydrogen-bond donors (Lipinski definition) is 1. The highest BCUT2D eigenvalue weighted by molar-refractivity contribution is 6.31. The van der Waals surface area contributed by atoms with Gasteiger partial charge in [-0.25, -0.2) is 4.79 Å². The normalized spacial score (nSPS) is 14.6. The van der Waals surface area contributed by atoms with Crippen molar-refractivity contribution < 1.29 is 4.79 Å². The zero-order valence-electron chi connectivity index (χ0n) is 15.0. The Balaban J connectivity index is 1.62. The lowest BCUT2D eigenvalue weighted by atomic mass is 10.1. The van der Waals surface area contributed by atoms with Crippen LogP contribution >= 0.6 is 11.6 Å². The van der Waals surface area contributed by atoms with Gasteiger partial charge in [-0.3, -0.25) is 0 Å². The van der Waals surface area contributed by atoms with E-state index in [0.717, 1.165) is 24.3 Å². The number of piperazine rings is 1. The van der Waals surface area contributed by atoms with E-state index >= 15 is 0 Å². The molecule has 2 aromatic rings. The molecule has 4 nitrogen and oxygen atoms in total. The Morgan fingerprint density at radius 1 is 1.04 bits per heavy atom. The number of anilines is 2. The largest absolute Gasteiger partial charge is 0.368 e. The molecule has 0 spiro atoms. The summed E-state index contributed by atoms with van der Waals surface area (Å²) in [5.41, 5.74) is 5.49. The van der Waals surface area contributed by atoms with Crippen LogP contribution in [0.1, 0.15) is 16.7 Å². The summed E-state index contributed by atoms with van der Waals surface area (Å²) in [7, 11) is 0. The third-order valence-corrected chi connectivity index (χ3v) is 5.18. The molecule has 1 aliphatic heterocycles. The molecule has 0 radical (unpaired) electrons. The van der Waals surface area contributed by atoms with Crippen molar-refractivity contribution in [1.82, 2.24) is 4.90 Å². The van der Waals surface area contributed by atoms with E-state index in [1.54, 1.807) is 0 Å². The SMILES string of the molecule is Cc1ccc(N2CCN(C(=O)Nc3cccc(Cl)c3C)CC2)c(C)c1. The molecule has 0 bridgehead atoms. The summed E-state index contributed by atoms with van der Waals surface area (Å²) in [6.07, 6.45) is 0. The number of carbonyl (C=O) groups is 1. The first-order valence-electron chi connectivity index (χ1n) is 8.59. The molecular formula is C20H24ClN3O. The van der Waals surface area contributed by atoms with Crippen LogP contribution in [-0.2, 0) is 0 Å². The molecule has 0 atom stereocenters. The van der Waals surface area contributed by atoms with Crippen LogP contribution in [0.15, 0.2) is 36.4 Å². The van der Waals surface area contributed by atoms with Gasteiger partial charge in [-0.1, -0.05) is 35.4 Å². The Morgan fingerprint density at radius 2 is 1.76 bits per heavy atom. The maximum absolute atomic E-state index is 12.5. The van der Waals surface area contributed by atoms with Crippen molar-refractivity contribution in [1.29, 1.82) is 0 Å². The molecule has 0 aromatic heterocycles. The zero-order chi connectivity index (χ0) is 18.0. The van der Waals surface area contributed by atoms with E-state index in [4.69, 9.17) is 11.6 Å². The maximum atomic E-state index is 12.5. The summed E-state index contributed by atoms with van der Waals surface area (Å²) in [4.78, 5) is 16.8. The minimum absolute atomic E-state index is 0.0642. The first-order chi connectivity index (χ1) is 12.0. The van der Waals surface area contributed by atoms with Crippen molar-refractivity contribution >= 4 is 29.0 Å². The molecule has 2 aromatic carbocycles. The quantitative estimate of drug-likeness (QED) is 0.851. The summed E-state index contributed by atoms with van der Waals surface area (Å²) >= 11 is 6.12. The molecule has 2 amide bonds. The molecule has 5 heteroatoms. The first-order valence-corrected chi connectivity index (χ1v) is 8.97. The van der Waals surface area contributed by atoms with Gasteiger partial charge in [-0.05, 0) is 50.1 Å². The highest BCUT2D eigenvalue weighted by atomic mass is 35.5. The molecule has 1 N–H and O–H groups in total. The van der Waals surface area contributed by atoms with Gasteiger partial charge < -0.3 is 15.1 Å². The molecule has 3 rings (SSSR count). The molecule has 0 saturated carbocycles. The second-order valence-electron chi connectivity index (χ2n) is 6.61. The second kappa shape index (κ2) is 7.36. The Morgan fingerprint density at radius 3 is 2.44 bits per heavy atom. The van der Waals surface area contributed by atoms with Gasteiger partial charge >= 0.3 is 6.03 Å². The molecule has 1 fully saturated rings. The Bertz CT molecular complexity index is 783. The number of rotatable bonds is 2. The van der Waals surface area contributed by atoms with Crippen molar-refractivity contribution in [2.24, 2.45) is 0 Å². The average Bonchev–Trinajstić information content (AvgIpc) is 2.59. The van der Waals surface area contributed by atoms with Gasteiger partial charge in [0.25, 0.3) is 0 Å². The number of hydrogen-bond acceptors (Lipinski definition) is 2. The average molecular weight is 358 g/mol. The van der Waals surface area contributed by atoms with Crippen molar-refractivity contribution in [3.05, 3.63) is 58.1 Å². The topological polar surface area (TPSA) is 35.6 Å². The lowest BCUT2D eigenvalue weighted by molar-refractivity contribution is 0.208. The van der Waals surface area contributed by atoms with E-state index in [0.29, 0.717) is 18.1 Å². The first kappa shape index (κ1) is 17.6. The highest BCUT2D eigenvalue weighted by Crippen LogP contribution is 2.25. The summed E-state index contributed by atoms with van der Waals surface area (Å²) in [6, 6.07) is 12.0. The van der Waals surface area contributed by atoms with Crippen LogP contribution in [0.4, 0.5) is 16.2 Å². The number of carbonyl (C=O) groups excluding carboxylic acids is 1. The van der Waals surface area contributed by atoms with E-state index in [9.17, 15) is 4.79 Å². The van der Waals surface area contributed by atoms with Gasteiger partial charge in [-0.2, -0.15) is 0 Å². The Hall–Kier alpha value is -2.20. The summed E-state index contributed by atoms with van der Waals surface area (Å²) < 4.78 is 0. The number of nitrogens with one attached hydrogen (secondary N) is 1. The fourth-order valence-electron chi connectivity index (χ4n) is 3.25. The molecule has 132 valence electrons. The smallest absolute Gasteiger partial charge is 0.321 e. The molecule has 0 aliphatic carbocycles. The number of amides is 2. The fourth-order valence-corrected chi connectivity index (χ4v) is 3.42. The molecule has 1 aliphatic rings. The summed E-state index contributed by atoms with van der Waals surface area (Å²) in [5, 5.41) is 3.64. The molecule has 25 heavy (non-hydrogen) atoms. The lowest BCUT2D eigenvalue weighted by Crippen LogP contribution is -2.50. The minimum Gasteiger partial charge on any atom is -0.368 e. The van der Waals surface area contributed by atoms with Crippen LogP contribution in [0.3, 0.4) is 0 Å². The van der Waals surface area contributed by atoms with E-state index in [1.165, 1.54) is 16.8 Å². The van der Waals surface area contributed by atoms with Crippen LogP contribution in [-0.4, -0.2) is 37.1 Å². The van der Waals surface area contributed by atoms with Gasteiger partial charge in [0.05, 0.1) is 0 Å². The summed E-state index contributed by atoms with van der Waals surface area (Å²) in [5.74, 6) is 0. The predicted octanol–water partition coefficient (Wildman–Crippen LogP) is 4.62. The third kappa shape index (κ3) is 3.90. The van der Waals surface area contributed by atoms with Crippen LogP contribution in [0.5, 0.6) is 0 Å². The maximum Gasteiger partial charge on any atom is 0.321 e. The monoisotopic (exact) mass is 357 g/mol. The van der Waals surface area contributed by atoms with Gasteiger partial charge in [0.2, 0.25) is 0 Å². The van der Waals surface area contributed by atoms with Crippen LogP contribution in [0.2, 0.25) is 5.02 Å². The van der Waals surface area contributed by atoms with Crippen molar-refractivity contribution in [3.63, 3.8) is 0 Å². The standard InChI is InChI=1S/C20H24ClN3O/c1-14-7-8-19(15(2)13-14)23-9-11-24(12-10-23)20(25)22-18-6-4-5-17(21)16(18)3/h4-8,13H,9-12H2,1-3H3,(H,22,25). The number of benzene rings is 2. The molecule has 0 unspecified atom stereocenters. The zero-order valence-corrected chi connectivity index (χ0v) is 15.7. The Kier molecular flexibility index (Phi) is 5.19. The van der Waals surface area contributed by atoms with Gasteiger partial charge in [0.1, 0.15) is 0 Å². The lowest BCUT2D eigenvalue weighted by Gasteiger charge is -2.37. The fraction of sp³-hybridized carbons (Fsp3) is 0.350. The molecular weight excluding hydrogens is 334 g/mol. The highest BCUT2D eigenvalue weighted by Gasteiger charge is 2.22. The van der Waals surface area contributed by atoms with Gasteiger partial charge in [0.15, 0.2) is 0 Å². The van der Waals surface area contributed by atoms with Gasteiger partial charge in [0, 0.05) is 42.6 Å². The third-order valence-electron chi connectivity index (χ3n) is 4.77. The Labute approximate surface area is 154 Å². The number of halogens is 1. The number of nitrogens with zero attached hydrogens (tertiary/aromatic N) is 2. The van der Waals surface area contributed by atoms with Crippen LogP contribution in [0, 0.1) is 20.8 Å². The van der Waals surface area contributed by atoms with Gasteiger partial charge in [-0.15, -0.1) is 0 Å². The number of urea groups is 1. The summed E-state index contributed by atoms with van der Waals surface area (Å²) in [6.45, 7) is 9.26. The minimum atomic E-state index is -0.0642.